The van der Waals surface area contributed by atoms with Crippen molar-refractivity contribution >= 4 is 5.97 Å². The average Bonchev–Trinajstić information content (AvgIpc) is 2.39. The van der Waals surface area contributed by atoms with Crippen molar-refractivity contribution in [3.05, 3.63) is 66.0 Å². The first-order valence-electron chi connectivity index (χ1n) is 5.41. The number of carbonyl (C=O) groups is 1. The first-order chi connectivity index (χ1) is 8.29. The molecule has 4 heteroatoms. The summed E-state index contributed by atoms with van der Waals surface area (Å²) in [4.78, 5) is 11.4. The van der Waals surface area contributed by atoms with Crippen LogP contribution in [-0.2, 0) is 11.3 Å². The van der Waals surface area contributed by atoms with E-state index in [2.05, 4.69) is 16.9 Å². The van der Waals surface area contributed by atoms with Gasteiger partial charge < -0.3 is 17.1 Å². The number of benzene rings is 1. The molecule has 0 unspecified atom stereocenters. The number of hydrogen-bond donors (Lipinski definition) is 0. The highest BCUT2D eigenvalue weighted by Crippen LogP contribution is 2.00. The molecule has 0 atom stereocenters. The van der Waals surface area contributed by atoms with Gasteiger partial charge in [0.2, 0.25) is 0 Å². The summed E-state index contributed by atoms with van der Waals surface area (Å²) < 4.78 is 6.65. The van der Waals surface area contributed by atoms with E-state index in [1.54, 1.807) is 12.3 Å². The first kappa shape index (κ1) is 14.2. The van der Waals surface area contributed by atoms with Gasteiger partial charge in [-0.2, -0.15) is 4.57 Å². The molecule has 0 fully saturated rings. The molecule has 2 rings (SSSR count). The van der Waals surface area contributed by atoms with Gasteiger partial charge in [0.05, 0.1) is 7.11 Å². The number of pyridine rings is 1. The van der Waals surface area contributed by atoms with Crippen molar-refractivity contribution in [3.8, 4) is 0 Å². The smallest absolute Gasteiger partial charge is 0.343 e. The molecule has 0 amide bonds. The second-order valence-electron chi connectivity index (χ2n) is 3.74. The molecule has 1 aromatic heterocycles. The van der Waals surface area contributed by atoms with Crippen molar-refractivity contribution in [1.82, 2.24) is 0 Å². The molecule has 0 aliphatic heterocycles. The van der Waals surface area contributed by atoms with Crippen molar-refractivity contribution in [2.75, 3.05) is 7.11 Å². The summed E-state index contributed by atoms with van der Waals surface area (Å²) in [6, 6.07) is 13.7. The maximum Gasteiger partial charge on any atom is 0.343 e. The maximum atomic E-state index is 11.4. The van der Waals surface area contributed by atoms with Crippen LogP contribution < -0.4 is 17.0 Å². The zero-order valence-corrected chi connectivity index (χ0v) is 10.8. The molecule has 94 valence electrons. The van der Waals surface area contributed by atoms with Gasteiger partial charge in [0.25, 0.3) is 0 Å². The Hall–Kier alpha value is -1.87. The van der Waals surface area contributed by atoms with E-state index in [0.29, 0.717) is 5.56 Å². The zero-order valence-electron chi connectivity index (χ0n) is 10.0. The van der Waals surface area contributed by atoms with Crippen LogP contribution in [0.25, 0.3) is 0 Å². The van der Waals surface area contributed by atoms with Crippen molar-refractivity contribution in [2.45, 2.75) is 6.54 Å². The minimum Gasteiger partial charge on any atom is -1.00 e. The third-order valence-corrected chi connectivity index (χ3v) is 2.49. The van der Waals surface area contributed by atoms with Gasteiger partial charge in [-0.15, -0.1) is 0 Å². The summed E-state index contributed by atoms with van der Waals surface area (Å²) >= 11 is 0. The van der Waals surface area contributed by atoms with Gasteiger partial charge in [0.15, 0.2) is 18.9 Å². The molecule has 0 bridgehead atoms. The summed E-state index contributed by atoms with van der Waals surface area (Å²) in [6.07, 6.45) is 3.72. The van der Waals surface area contributed by atoms with Gasteiger partial charge in [-0.3, -0.25) is 0 Å². The van der Waals surface area contributed by atoms with Gasteiger partial charge in [0, 0.05) is 11.6 Å². The van der Waals surface area contributed by atoms with E-state index in [1.165, 1.54) is 12.7 Å². The lowest BCUT2D eigenvalue weighted by molar-refractivity contribution is -0.688. The van der Waals surface area contributed by atoms with E-state index in [1.807, 2.05) is 35.0 Å². The summed E-state index contributed by atoms with van der Waals surface area (Å²) in [6.45, 7) is 0.742. The molecular formula is C14H14ClNO2. The third kappa shape index (κ3) is 3.57. The lowest BCUT2D eigenvalue weighted by atomic mass is 10.2. The fourth-order valence-electron chi connectivity index (χ4n) is 1.65. The van der Waals surface area contributed by atoms with E-state index >= 15 is 0 Å². The Balaban J connectivity index is 0.00000162. The minimum absolute atomic E-state index is 0. The molecule has 0 N–H and O–H groups in total. The SMILES string of the molecule is COC(=O)c1ccc[n+](Cc2ccccc2)c1.[Cl-]. The summed E-state index contributed by atoms with van der Waals surface area (Å²) in [5.41, 5.74) is 1.76. The Kier molecular flexibility index (Phi) is 5.33. The number of hydrogen-bond acceptors (Lipinski definition) is 2. The number of halogens is 1. The Labute approximate surface area is 112 Å². The van der Waals surface area contributed by atoms with Gasteiger partial charge in [-0.05, 0) is 6.07 Å². The number of methoxy groups -OCH3 is 1. The molecule has 0 aliphatic carbocycles. The molecule has 1 aromatic carbocycles. The molecule has 0 radical (unpaired) electrons. The highest BCUT2D eigenvalue weighted by Gasteiger charge is 2.10. The van der Waals surface area contributed by atoms with Crippen LogP contribution in [0.1, 0.15) is 15.9 Å². The largest absolute Gasteiger partial charge is 1.00 e. The number of ether oxygens (including phenoxy) is 1. The van der Waals surface area contributed by atoms with Crippen LogP contribution in [0.5, 0.6) is 0 Å². The molecular weight excluding hydrogens is 250 g/mol. The summed E-state index contributed by atoms with van der Waals surface area (Å²) in [5, 5.41) is 0. The van der Waals surface area contributed by atoms with Crippen molar-refractivity contribution < 1.29 is 26.5 Å². The molecule has 2 aromatic rings. The summed E-state index contributed by atoms with van der Waals surface area (Å²) in [5.74, 6) is -0.313. The highest BCUT2D eigenvalue weighted by molar-refractivity contribution is 5.88. The van der Waals surface area contributed by atoms with Crippen LogP contribution >= 0.6 is 0 Å². The van der Waals surface area contributed by atoms with E-state index in [9.17, 15) is 4.79 Å². The van der Waals surface area contributed by atoms with Gasteiger partial charge in [-0.1, -0.05) is 30.3 Å². The molecule has 0 spiro atoms. The van der Waals surface area contributed by atoms with E-state index in [0.717, 1.165) is 6.54 Å². The number of nitrogens with zero attached hydrogens (tertiary/aromatic N) is 1. The number of rotatable bonds is 3. The first-order valence-corrected chi connectivity index (χ1v) is 5.41. The number of carbonyl (C=O) groups excluding carboxylic acids is 1. The zero-order chi connectivity index (χ0) is 12.1. The van der Waals surface area contributed by atoms with Crippen LogP contribution in [0.3, 0.4) is 0 Å². The van der Waals surface area contributed by atoms with Crippen LogP contribution in [0.15, 0.2) is 54.9 Å². The van der Waals surface area contributed by atoms with Crippen LogP contribution in [-0.4, -0.2) is 13.1 Å². The Morgan fingerprint density at radius 2 is 1.89 bits per heavy atom. The molecule has 0 saturated carbocycles. The number of esters is 1. The Bertz CT molecular complexity index is 514. The van der Waals surface area contributed by atoms with Crippen LogP contribution in [0, 0.1) is 0 Å². The van der Waals surface area contributed by atoms with Crippen molar-refractivity contribution in [3.63, 3.8) is 0 Å². The average molecular weight is 264 g/mol. The van der Waals surface area contributed by atoms with E-state index in [4.69, 9.17) is 0 Å². The molecule has 3 nitrogen and oxygen atoms in total. The van der Waals surface area contributed by atoms with Crippen LogP contribution in [0.2, 0.25) is 0 Å². The molecule has 0 aliphatic rings. The van der Waals surface area contributed by atoms with Crippen molar-refractivity contribution in [1.29, 1.82) is 0 Å². The molecule has 1 heterocycles. The normalized spacial score (nSPS) is 9.39. The second-order valence-corrected chi connectivity index (χ2v) is 3.74. The molecule has 18 heavy (non-hydrogen) atoms. The second kappa shape index (κ2) is 6.77. The predicted octanol–water partition coefficient (Wildman–Crippen LogP) is -1.19. The lowest BCUT2D eigenvalue weighted by Gasteiger charge is -2.00. The molecule has 0 saturated heterocycles. The van der Waals surface area contributed by atoms with Gasteiger partial charge >= 0.3 is 5.97 Å². The van der Waals surface area contributed by atoms with Crippen molar-refractivity contribution in [2.24, 2.45) is 0 Å². The Morgan fingerprint density at radius 3 is 2.56 bits per heavy atom. The predicted molar refractivity (Wildman–Crippen MR) is 63.5 cm³/mol. The van der Waals surface area contributed by atoms with Gasteiger partial charge in [-0.25, -0.2) is 4.79 Å². The van der Waals surface area contributed by atoms with Crippen LogP contribution in [0.4, 0.5) is 0 Å². The highest BCUT2D eigenvalue weighted by atomic mass is 35.5. The minimum atomic E-state index is -0.313. The fourth-order valence-corrected chi connectivity index (χ4v) is 1.65. The van der Waals surface area contributed by atoms with Gasteiger partial charge in [0.1, 0.15) is 5.56 Å². The fraction of sp³-hybridized carbons (Fsp3) is 0.143. The number of aromatic nitrogens is 1. The van der Waals surface area contributed by atoms with E-state index < -0.39 is 0 Å². The lowest BCUT2D eigenvalue weighted by Crippen LogP contribution is -3.00. The topological polar surface area (TPSA) is 30.2 Å². The quantitative estimate of drug-likeness (QED) is 0.515. The third-order valence-electron chi connectivity index (χ3n) is 2.49. The monoisotopic (exact) mass is 263 g/mol. The Morgan fingerprint density at radius 1 is 1.17 bits per heavy atom. The maximum absolute atomic E-state index is 11.4. The summed E-state index contributed by atoms with van der Waals surface area (Å²) in [7, 11) is 1.39. The van der Waals surface area contributed by atoms with E-state index in [-0.39, 0.29) is 18.4 Å². The standard InChI is InChI=1S/C14H14NO2.ClH/c1-17-14(16)13-8-5-9-15(11-13)10-12-6-3-2-4-7-12;/h2-9,11H,10H2,1H3;1H/q+1;/p-1.